The van der Waals surface area contributed by atoms with Crippen LogP contribution in [0.25, 0.3) is 33.6 Å². The number of hydrogen-bond donors (Lipinski definition) is 0. The summed E-state index contributed by atoms with van der Waals surface area (Å²) < 4.78 is 2.43. The van der Waals surface area contributed by atoms with E-state index >= 15 is 0 Å². The topological polar surface area (TPSA) is 8.17 Å². The molecule has 0 saturated heterocycles. The minimum atomic E-state index is -0.366. The van der Waals surface area contributed by atoms with E-state index in [1.165, 1.54) is 66.6 Å². The van der Waals surface area contributed by atoms with Gasteiger partial charge in [-0.1, -0.05) is 164 Å². The van der Waals surface area contributed by atoms with E-state index in [0.29, 0.717) is 0 Å². The van der Waals surface area contributed by atoms with Crippen molar-refractivity contribution < 1.29 is 0 Å². The van der Waals surface area contributed by atoms with Crippen LogP contribution >= 0.6 is 0 Å². The van der Waals surface area contributed by atoms with Crippen LogP contribution in [0, 0.1) is 5.92 Å². The van der Waals surface area contributed by atoms with Crippen LogP contribution < -0.4 is 4.90 Å². The molecule has 0 fully saturated rings. The summed E-state index contributed by atoms with van der Waals surface area (Å²) in [6, 6.07) is 67.1. The maximum absolute atomic E-state index is 2.60. The van der Waals surface area contributed by atoms with Crippen molar-refractivity contribution in [1.29, 1.82) is 0 Å². The number of anilines is 1. The third kappa shape index (κ3) is 5.56. The third-order valence-electron chi connectivity index (χ3n) is 12.1. The number of nitrogens with zero attached hydrogens (tertiary/aromatic N) is 2. The number of fused-ring (bicyclic) bond motifs is 5. The Bertz CT molecular complexity index is 2750. The van der Waals surface area contributed by atoms with E-state index in [1.807, 2.05) is 0 Å². The summed E-state index contributed by atoms with van der Waals surface area (Å²) in [5, 5.41) is 2.52. The molecule has 2 nitrogen and oxygen atoms in total. The van der Waals surface area contributed by atoms with Crippen LogP contribution in [0.4, 0.5) is 5.69 Å². The lowest BCUT2D eigenvalue weighted by molar-refractivity contribution is 0.486. The molecule has 10 rings (SSSR count). The minimum absolute atomic E-state index is 0.148. The van der Waals surface area contributed by atoms with Gasteiger partial charge in [0.1, 0.15) is 0 Å². The molecule has 2 aliphatic rings. The summed E-state index contributed by atoms with van der Waals surface area (Å²) in [5.41, 5.74) is 15.0. The van der Waals surface area contributed by atoms with Crippen molar-refractivity contribution in [1.82, 2.24) is 4.57 Å². The van der Waals surface area contributed by atoms with Gasteiger partial charge in [-0.2, -0.15) is 0 Å². The highest BCUT2D eigenvalue weighted by Crippen LogP contribution is 2.54. The highest BCUT2D eigenvalue weighted by atomic mass is 15.2. The maximum atomic E-state index is 2.60. The summed E-state index contributed by atoms with van der Waals surface area (Å²) >= 11 is 0. The largest absolute Gasteiger partial charge is 0.314 e. The van der Waals surface area contributed by atoms with E-state index in [2.05, 4.69) is 223 Å². The van der Waals surface area contributed by atoms with E-state index in [1.54, 1.807) is 0 Å². The third-order valence-corrected chi connectivity index (χ3v) is 12.1. The minimum Gasteiger partial charge on any atom is -0.314 e. The molecular weight excluding hydrogens is 677 g/mol. The first kappa shape index (κ1) is 33.9. The highest BCUT2D eigenvalue weighted by molar-refractivity contribution is 6.10. The van der Waals surface area contributed by atoms with Gasteiger partial charge < -0.3 is 9.47 Å². The molecule has 0 radical (unpaired) electrons. The molecule has 0 aliphatic heterocycles. The number of aryl methyl sites for hydroxylation is 1. The van der Waals surface area contributed by atoms with Crippen LogP contribution in [0.3, 0.4) is 0 Å². The molecule has 1 aromatic heterocycles. The van der Waals surface area contributed by atoms with Crippen molar-refractivity contribution in [2.75, 3.05) is 4.90 Å². The highest BCUT2D eigenvalue weighted by Gasteiger charge is 2.48. The van der Waals surface area contributed by atoms with Gasteiger partial charge in [-0.05, 0) is 102 Å². The Kier molecular flexibility index (Phi) is 8.60. The monoisotopic (exact) mass is 720 g/mol. The zero-order valence-corrected chi connectivity index (χ0v) is 31.7. The number of rotatable bonds is 8. The molecule has 0 bridgehead atoms. The Morgan fingerprint density at radius 1 is 0.607 bits per heavy atom. The Balaban J connectivity index is 1.24. The lowest BCUT2D eigenvalue weighted by Crippen LogP contribution is -2.35. The van der Waals surface area contributed by atoms with E-state index in [0.717, 1.165) is 30.6 Å². The van der Waals surface area contributed by atoms with Crippen LogP contribution in [-0.4, -0.2) is 4.57 Å². The lowest BCUT2D eigenvalue weighted by atomic mass is 9.65. The Morgan fingerprint density at radius 3 is 1.98 bits per heavy atom. The molecule has 270 valence electrons. The zero-order chi connectivity index (χ0) is 37.5. The summed E-state index contributed by atoms with van der Waals surface area (Å²) in [6.45, 7) is 2.15. The van der Waals surface area contributed by atoms with Crippen molar-refractivity contribution >= 4 is 33.6 Å². The van der Waals surface area contributed by atoms with Crippen LogP contribution in [-0.2, 0) is 18.3 Å². The molecule has 2 heteroatoms. The van der Waals surface area contributed by atoms with Crippen LogP contribution in [0.5, 0.6) is 0 Å². The fourth-order valence-electron chi connectivity index (χ4n) is 9.77. The molecule has 7 aromatic carbocycles. The van der Waals surface area contributed by atoms with Crippen molar-refractivity contribution in [2.24, 2.45) is 5.92 Å². The lowest BCUT2D eigenvalue weighted by Gasteiger charge is -2.38. The molecule has 1 heterocycles. The van der Waals surface area contributed by atoms with Crippen molar-refractivity contribution in [3.05, 3.63) is 245 Å². The first-order chi connectivity index (χ1) is 27.7. The first-order valence-corrected chi connectivity index (χ1v) is 20.0. The molecule has 8 aromatic rings. The van der Waals surface area contributed by atoms with Crippen LogP contribution in [0.15, 0.2) is 212 Å². The number of allylic oxidation sites excluding steroid dienone is 4. The summed E-state index contributed by atoms with van der Waals surface area (Å²) in [7, 11) is 0. The Hall–Kier alpha value is -6.64. The summed E-state index contributed by atoms with van der Waals surface area (Å²) in [6.07, 6.45) is 12.5. The van der Waals surface area contributed by atoms with Gasteiger partial charge in [-0.25, -0.2) is 0 Å². The van der Waals surface area contributed by atoms with Gasteiger partial charge in [0, 0.05) is 39.5 Å². The van der Waals surface area contributed by atoms with E-state index in [9.17, 15) is 0 Å². The second kappa shape index (κ2) is 14.2. The second-order valence-corrected chi connectivity index (χ2v) is 15.2. The normalized spacial score (nSPS) is 16.2. The molecule has 0 saturated carbocycles. The summed E-state index contributed by atoms with van der Waals surface area (Å²) in [5.74, 6) is 0.148. The van der Waals surface area contributed by atoms with Gasteiger partial charge in [0.05, 0.1) is 16.4 Å². The molecule has 0 spiro atoms. The second-order valence-electron chi connectivity index (χ2n) is 15.2. The zero-order valence-electron chi connectivity index (χ0n) is 31.7. The van der Waals surface area contributed by atoms with E-state index < -0.39 is 0 Å². The van der Waals surface area contributed by atoms with Gasteiger partial charge in [0.25, 0.3) is 0 Å². The van der Waals surface area contributed by atoms with Crippen molar-refractivity contribution in [2.45, 2.75) is 31.6 Å². The summed E-state index contributed by atoms with van der Waals surface area (Å²) in [4.78, 5) is 2.56. The van der Waals surface area contributed by atoms with Gasteiger partial charge >= 0.3 is 0 Å². The average molecular weight is 721 g/mol. The van der Waals surface area contributed by atoms with Crippen LogP contribution in [0.2, 0.25) is 0 Å². The number of benzene rings is 7. The molecule has 0 N–H and O–H groups in total. The van der Waals surface area contributed by atoms with Gasteiger partial charge in [0.15, 0.2) is 0 Å². The SMILES string of the molecule is C/C=C\C(=C/C1Cc2ccccc2C1(c1ccccc1)c1ccccc1)N(C1=Cc2ccccc2CC1)c1ccc2c3ccccc3n(-c3ccccc3)c2c1. The standard InChI is InChI=1S/C54H44N2/c1-2-18-46(37-44-35-41-21-14-16-29-51(41)54(44,42-22-6-3-7-23-42)43-24-8-4-9-25-43)55(47-32-31-39-19-12-13-20-40(39)36-47)48-33-34-50-49-28-15-17-30-52(49)56(53(50)38-48)45-26-10-5-11-27-45/h2-30,33-34,36-38,44H,31-32,35H2,1H3/b18-2-,46-37+. The molecule has 2 aliphatic carbocycles. The van der Waals surface area contributed by atoms with Gasteiger partial charge in [0.2, 0.25) is 0 Å². The molecule has 0 amide bonds. The quantitative estimate of drug-likeness (QED) is 0.142. The Morgan fingerprint density at radius 2 is 1.23 bits per heavy atom. The van der Waals surface area contributed by atoms with Crippen molar-refractivity contribution in [3.8, 4) is 5.69 Å². The van der Waals surface area contributed by atoms with Crippen LogP contribution in [0.1, 0.15) is 46.7 Å². The first-order valence-electron chi connectivity index (χ1n) is 20.0. The molecule has 56 heavy (non-hydrogen) atoms. The number of aromatic nitrogens is 1. The average Bonchev–Trinajstić information content (AvgIpc) is 3.77. The maximum Gasteiger partial charge on any atom is 0.0561 e. The fraction of sp³-hybridized carbons (Fsp3) is 0.111. The number of hydrogen-bond acceptors (Lipinski definition) is 1. The smallest absolute Gasteiger partial charge is 0.0561 e. The molecule has 1 unspecified atom stereocenters. The predicted molar refractivity (Wildman–Crippen MR) is 235 cm³/mol. The molecule has 1 atom stereocenters. The predicted octanol–water partition coefficient (Wildman–Crippen LogP) is 13.2. The van der Waals surface area contributed by atoms with E-state index in [-0.39, 0.29) is 11.3 Å². The number of para-hydroxylation sites is 2. The van der Waals surface area contributed by atoms with Gasteiger partial charge in [-0.3, -0.25) is 0 Å². The Labute approximate surface area is 330 Å². The van der Waals surface area contributed by atoms with Crippen molar-refractivity contribution in [3.63, 3.8) is 0 Å². The molecular formula is C54H44N2. The van der Waals surface area contributed by atoms with E-state index in [4.69, 9.17) is 0 Å². The fourth-order valence-corrected chi connectivity index (χ4v) is 9.77. The van der Waals surface area contributed by atoms with Gasteiger partial charge in [-0.15, -0.1) is 0 Å².